The number of halogens is 1. The minimum Gasteiger partial charge on any atom is -0.357 e. The van der Waals surface area contributed by atoms with E-state index in [1.54, 1.807) is 11.3 Å². The van der Waals surface area contributed by atoms with Crippen molar-refractivity contribution in [2.24, 2.45) is 4.99 Å². The molecular weight excluding hydrogens is 457 g/mol. The Kier molecular flexibility index (Phi) is 13.3. The quantitative estimate of drug-likeness (QED) is 0.238. The molecule has 0 atom stereocenters. The van der Waals surface area contributed by atoms with Crippen molar-refractivity contribution < 1.29 is 0 Å². The fraction of sp³-hybridized carbons (Fsp3) is 0.789. The van der Waals surface area contributed by atoms with E-state index < -0.39 is 0 Å². The molecule has 1 aromatic heterocycles. The fourth-order valence-electron chi connectivity index (χ4n) is 3.15. The lowest BCUT2D eigenvalue weighted by Gasteiger charge is -2.20. The Morgan fingerprint density at radius 3 is 2.62 bits per heavy atom. The molecular formula is C19H36IN5S. The number of aliphatic imine (C=N–C) groups is 1. The molecule has 150 valence electrons. The van der Waals surface area contributed by atoms with Crippen LogP contribution in [0.4, 0.5) is 0 Å². The molecule has 26 heavy (non-hydrogen) atoms. The molecule has 5 nitrogen and oxygen atoms in total. The molecule has 0 aromatic carbocycles. The van der Waals surface area contributed by atoms with Crippen LogP contribution >= 0.6 is 35.3 Å². The number of aromatic nitrogens is 1. The zero-order valence-electron chi connectivity index (χ0n) is 16.4. The van der Waals surface area contributed by atoms with Crippen LogP contribution < -0.4 is 10.6 Å². The highest BCUT2D eigenvalue weighted by molar-refractivity contribution is 14.0. The van der Waals surface area contributed by atoms with E-state index in [0.29, 0.717) is 0 Å². The van der Waals surface area contributed by atoms with Gasteiger partial charge in [-0.05, 0) is 59.2 Å². The van der Waals surface area contributed by atoms with Gasteiger partial charge in [-0.1, -0.05) is 12.8 Å². The fourth-order valence-corrected chi connectivity index (χ4v) is 3.97. The topological polar surface area (TPSA) is 52.6 Å². The highest BCUT2D eigenvalue weighted by Gasteiger charge is 2.08. The van der Waals surface area contributed by atoms with Crippen molar-refractivity contribution in [2.75, 3.05) is 39.3 Å². The summed E-state index contributed by atoms with van der Waals surface area (Å²) in [6.07, 6.45) is 8.82. The molecule has 0 bridgehead atoms. The number of rotatable bonds is 9. The number of guanidine groups is 1. The first-order valence-corrected chi connectivity index (χ1v) is 10.8. The van der Waals surface area contributed by atoms with Gasteiger partial charge in [0.15, 0.2) is 5.96 Å². The second kappa shape index (κ2) is 14.6. The third-order valence-corrected chi connectivity index (χ3v) is 5.50. The van der Waals surface area contributed by atoms with Gasteiger partial charge in [-0.15, -0.1) is 35.3 Å². The number of hydrogen-bond acceptors (Lipinski definition) is 4. The van der Waals surface area contributed by atoms with Gasteiger partial charge < -0.3 is 15.5 Å². The van der Waals surface area contributed by atoms with Gasteiger partial charge in [0.25, 0.3) is 0 Å². The van der Waals surface area contributed by atoms with Crippen molar-refractivity contribution in [1.29, 1.82) is 0 Å². The predicted octanol–water partition coefficient (Wildman–Crippen LogP) is 3.82. The molecule has 2 N–H and O–H groups in total. The molecule has 2 rings (SSSR count). The molecule has 1 aliphatic rings. The van der Waals surface area contributed by atoms with Gasteiger partial charge in [0.2, 0.25) is 0 Å². The molecule has 0 radical (unpaired) electrons. The summed E-state index contributed by atoms with van der Waals surface area (Å²) in [6.45, 7) is 10.7. The van der Waals surface area contributed by atoms with E-state index in [-0.39, 0.29) is 24.0 Å². The van der Waals surface area contributed by atoms with Gasteiger partial charge in [0.05, 0.1) is 5.01 Å². The minimum atomic E-state index is 0. The highest BCUT2D eigenvalue weighted by Crippen LogP contribution is 2.11. The van der Waals surface area contributed by atoms with Gasteiger partial charge in [-0.2, -0.15) is 0 Å². The second-order valence-electron chi connectivity index (χ2n) is 6.78. The SMILES string of the molecule is CCNC(=NCCCc1nc(C)cs1)NCCCN1CCCCCC1.I. The molecule has 0 aliphatic carbocycles. The molecule has 0 saturated carbocycles. The number of thiazole rings is 1. The van der Waals surface area contributed by atoms with E-state index >= 15 is 0 Å². The molecule has 1 aliphatic heterocycles. The van der Waals surface area contributed by atoms with Crippen LogP contribution in [0.5, 0.6) is 0 Å². The van der Waals surface area contributed by atoms with E-state index in [4.69, 9.17) is 4.99 Å². The Balaban J connectivity index is 0.00000338. The zero-order valence-corrected chi connectivity index (χ0v) is 19.6. The Labute approximate surface area is 180 Å². The monoisotopic (exact) mass is 493 g/mol. The summed E-state index contributed by atoms with van der Waals surface area (Å²) >= 11 is 1.75. The maximum atomic E-state index is 4.69. The van der Waals surface area contributed by atoms with Gasteiger partial charge in [-0.3, -0.25) is 4.99 Å². The van der Waals surface area contributed by atoms with Crippen LogP contribution in [0, 0.1) is 6.92 Å². The molecule has 1 fully saturated rings. The number of aryl methyl sites for hydroxylation is 2. The Morgan fingerprint density at radius 1 is 1.19 bits per heavy atom. The smallest absolute Gasteiger partial charge is 0.191 e. The van der Waals surface area contributed by atoms with Crippen molar-refractivity contribution in [3.63, 3.8) is 0 Å². The van der Waals surface area contributed by atoms with Crippen molar-refractivity contribution in [3.05, 3.63) is 16.1 Å². The Bertz CT molecular complexity index is 498. The molecule has 0 unspecified atom stereocenters. The number of likely N-dealkylation sites (tertiary alicyclic amines) is 1. The summed E-state index contributed by atoms with van der Waals surface area (Å²) in [5.41, 5.74) is 1.13. The van der Waals surface area contributed by atoms with Crippen molar-refractivity contribution >= 4 is 41.3 Å². The lowest BCUT2D eigenvalue weighted by Crippen LogP contribution is -2.39. The average Bonchev–Trinajstić information content (AvgIpc) is 2.85. The van der Waals surface area contributed by atoms with E-state index in [1.807, 2.05) is 0 Å². The van der Waals surface area contributed by atoms with Crippen molar-refractivity contribution in [2.45, 2.75) is 58.8 Å². The molecule has 0 amide bonds. The van der Waals surface area contributed by atoms with Crippen LogP contribution in [0.25, 0.3) is 0 Å². The first-order valence-electron chi connectivity index (χ1n) is 9.93. The van der Waals surface area contributed by atoms with Crippen LogP contribution in [0.3, 0.4) is 0 Å². The third-order valence-electron chi connectivity index (χ3n) is 4.47. The summed E-state index contributed by atoms with van der Waals surface area (Å²) in [5.74, 6) is 0.952. The lowest BCUT2D eigenvalue weighted by atomic mass is 10.2. The van der Waals surface area contributed by atoms with Crippen LogP contribution in [0.15, 0.2) is 10.4 Å². The summed E-state index contributed by atoms with van der Waals surface area (Å²) in [5, 5.41) is 10.2. The lowest BCUT2D eigenvalue weighted by molar-refractivity contribution is 0.282. The van der Waals surface area contributed by atoms with Gasteiger partial charge >= 0.3 is 0 Å². The third kappa shape index (κ3) is 10.1. The van der Waals surface area contributed by atoms with E-state index in [0.717, 1.165) is 44.1 Å². The average molecular weight is 494 g/mol. The maximum Gasteiger partial charge on any atom is 0.191 e. The zero-order chi connectivity index (χ0) is 17.7. The largest absolute Gasteiger partial charge is 0.357 e. The maximum absolute atomic E-state index is 4.69. The van der Waals surface area contributed by atoms with Crippen molar-refractivity contribution in [3.8, 4) is 0 Å². The van der Waals surface area contributed by atoms with Gasteiger partial charge in [-0.25, -0.2) is 4.98 Å². The number of nitrogens with one attached hydrogen (secondary N) is 2. The predicted molar refractivity (Wildman–Crippen MR) is 124 cm³/mol. The second-order valence-corrected chi connectivity index (χ2v) is 7.73. The first kappa shape index (κ1) is 23.6. The summed E-state index contributed by atoms with van der Waals surface area (Å²) in [6, 6.07) is 0. The van der Waals surface area contributed by atoms with E-state index in [9.17, 15) is 0 Å². The van der Waals surface area contributed by atoms with E-state index in [2.05, 4.69) is 39.7 Å². The Morgan fingerprint density at radius 2 is 1.96 bits per heavy atom. The standard InChI is InChI=1S/C19H35N5S.HI/c1-3-20-19(21-11-8-10-18-23-17(2)16-25-18)22-12-9-15-24-13-6-4-5-7-14-24;/h16H,3-15H2,1-2H3,(H2,20,21,22);1H. The summed E-state index contributed by atoms with van der Waals surface area (Å²) in [7, 11) is 0. The minimum absolute atomic E-state index is 0. The van der Waals surface area contributed by atoms with Gasteiger partial charge in [0, 0.05) is 37.1 Å². The normalized spacial score (nSPS) is 16.0. The van der Waals surface area contributed by atoms with Gasteiger partial charge in [0.1, 0.15) is 0 Å². The van der Waals surface area contributed by atoms with E-state index in [1.165, 1.54) is 56.7 Å². The molecule has 2 heterocycles. The summed E-state index contributed by atoms with van der Waals surface area (Å²) < 4.78 is 0. The molecule has 7 heteroatoms. The van der Waals surface area contributed by atoms with Crippen LogP contribution in [-0.4, -0.2) is 55.1 Å². The van der Waals surface area contributed by atoms with Crippen LogP contribution in [0.1, 0.15) is 56.2 Å². The Hall–Kier alpha value is -0.410. The molecule has 1 aromatic rings. The molecule has 1 saturated heterocycles. The van der Waals surface area contributed by atoms with Crippen molar-refractivity contribution in [1.82, 2.24) is 20.5 Å². The number of nitrogens with zero attached hydrogens (tertiary/aromatic N) is 3. The summed E-state index contributed by atoms with van der Waals surface area (Å²) in [4.78, 5) is 11.8. The first-order chi connectivity index (χ1) is 12.3. The van der Waals surface area contributed by atoms with Crippen LogP contribution in [-0.2, 0) is 6.42 Å². The highest BCUT2D eigenvalue weighted by atomic mass is 127. The van der Waals surface area contributed by atoms with Crippen LogP contribution in [0.2, 0.25) is 0 Å². The molecule has 0 spiro atoms. The number of hydrogen-bond donors (Lipinski definition) is 2.